The first kappa shape index (κ1) is 13.9. The molecule has 0 aliphatic heterocycles. The molecule has 112 valence electrons. The van der Waals surface area contributed by atoms with Gasteiger partial charge >= 0.3 is 5.69 Å². The maximum atomic E-state index is 12.5. The third-order valence-electron chi connectivity index (χ3n) is 3.45. The van der Waals surface area contributed by atoms with Gasteiger partial charge in [-0.15, -0.1) is 0 Å². The van der Waals surface area contributed by atoms with E-state index < -0.39 is 5.69 Å². The van der Waals surface area contributed by atoms with E-state index in [-0.39, 0.29) is 12.3 Å². The van der Waals surface area contributed by atoms with E-state index in [0.717, 1.165) is 10.1 Å². The van der Waals surface area contributed by atoms with Gasteiger partial charge in [0.15, 0.2) is 0 Å². The van der Waals surface area contributed by atoms with Gasteiger partial charge in [-0.2, -0.15) is 0 Å². The van der Waals surface area contributed by atoms with E-state index in [1.165, 1.54) is 0 Å². The van der Waals surface area contributed by atoms with Crippen LogP contribution in [0.1, 0.15) is 10.4 Å². The van der Waals surface area contributed by atoms with Crippen molar-refractivity contribution in [1.82, 2.24) is 9.55 Å². The number of H-pyrrole nitrogens is 1. The number of hydrogen-bond donors (Lipinski definition) is 2. The third kappa shape index (κ3) is 2.46. The Bertz CT molecular complexity index is 908. The number of aromatic nitrogens is 2. The van der Waals surface area contributed by atoms with Gasteiger partial charge in [-0.25, -0.2) is 9.36 Å². The lowest BCUT2D eigenvalue weighted by molar-refractivity contribution is 0.0915. The molecule has 1 aromatic heterocycles. The van der Waals surface area contributed by atoms with E-state index >= 15 is 0 Å². The van der Waals surface area contributed by atoms with Crippen LogP contribution in [0, 0.1) is 0 Å². The quantitative estimate of drug-likeness (QED) is 0.721. The predicted octanol–water partition coefficient (Wildman–Crippen LogP) is 1.80. The molecule has 0 aliphatic carbocycles. The molecule has 3 N–H and O–H groups in total. The van der Waals surface area contributed by atoms with E-state index in [2.05, 4.69) is 4.98 Å². The summed E-state index contributed by atoms with van der Waals surface area (Å²) >= 11 is 0. The highest BCUT2D eigenvalue weighted by atomic mass is 16.5. The lowest BCUT2D eigenvalue weighted by Gasteiger charge is -2.05. The van der Waals surface area contributed by atoms with Crippen LogP contribution >= 0.6 is 0 Å². The number of aromatic amines is 1. The molecule has 0 radical (unpaired) electrons. The number of nitrogens with one attached hydrogen (secondary N) is 1. The topological polar surface area (TPSA) is 90.1 Å². The lowest BCUT2D eigenvalue weighted by Crippen LogP contribution is -2.25. The number of carbonyl (C=O) groups is 1. The zero-order valence-corrected chi connectivity index (χ0v) is 12.0. The lowest BCUT2D eigenvalue weighted by atomic mass is 10.1. The fraction of sp³-hybridized carbons (Fsp3) is 0.125. The molecule has 0 saturated heterocycles. The first-order valence-electron chi connectivity index (χ1n) is 6.75. The van der Waals surface area contributed by atoms with Crippen molar-refractivity contribution in [1.29, 1.82) is 0 Å². The molecule has 0 aliphatic rings. The van der Waals surface area contributed by atoms with E-state index in [4.69, 9.17) is 10.5 Å². The second kappa shape index (κ2) is 5.40. The van der Waals surface area contributed by atoms with Crippen molar-refractivity contribution in [3.8, 4) is 5.75 Å². The Morgan fingerprint density at radius 3 is 2.86 bits per heavy atom. The molecule has 2 aromatic carbocycles. The first-order chi connectivity index (χ1) is 10.6. The van der Waals surface area contributed by atoms with Crippen LogP contribution in [0.3, 0.4) is 0 Å². The van der Waals surface area contributed by atoms with Crippen LogP contribution in [-0.4, -0.2) is 22.6 Å². The summed E-state index contributed by atoms with van der Waals surface area (Å²) in [6.45, 7) is 0. The maximum absolute atomic E-state index is 12.5. The standard InChI is InChI=1S/C16H15N3O3/c1-22-12-4-2-3-10(7-12)8-15(20)19-14-9-11(17)5-6-13(14)18-16(19)21/h2-7,9H,8,17H2,1H3,(H,18,21). The minimum atomic E-state index is -0.464. The SMILES string of the molecule is COc1cccc(CC(=O)n2c(=O)[nH]c3ccc(N)cc32)c1. The molecule has 0 fully saturated rings. The van der Waals surface area contributed by atoms with Crippen molar-refractivity contribution < 1.29 is 9.53 Å². The average molecular weight is 297 g/mol. The summed E-state index contributed by atoms with van der Waals surface area (Å²) < 4.78 is 6.25. The zero-order chi connectivity index (χ0) is 15.7. The Hall–Kier alpha value is -3.02. The fourth-order valence-corrected chi connectivity index (χ4v) is 2.40. The van der Waals surface area contributed by atoms with Gasteiger partial charge in [0.2, 0.25) is 5.91 Å². The number of imidazole rings is 1. The Balaban J connectivity index is 2.00. The molecule has 6 nitrogen and oxygen atoms in total. The van der Waals surface area contributed by atoms with Crippen LogP contribution in [-0.2, 0) is 6.42 Å². The smallest absolute Gasteiger partial charge is 0.333 e. The average Bonchev–Trinajstić information content (AvgIpc) is 2.82. The van der Waals surface area contributed by atoms with Gasteiger partial charge in [0.05, 0.1) is 24.6 Å². The number of nitrogens with two attached hydrogens (primary N) is 1. The van der Waals surface area contributed by atoms with E-state index in [1.54, 1.807) is 43.5 Å². The summed E-state index contributed by atoms with van der Waals surface area (Å²) in [5.74, 6) is 0.343. The van der Waals surface area contributed by atoms with Crippen molar-refractivity contribution in [2.45, 2.75) is 6.42 Å². The summed E-state index contributed by atoms with van der Waals surface area (Å²) in [6.07, 6.45) is 0.0961. The fourth-order valence-electron chi connectivity index (χ4n) is 2.40. The molecule has 0 saturated carbocycles. The third-order valence-corrected chi connectivity index (χ3v) is 3.45. The van der Waals surface area contributed by atoms with Crippen molar-refractivity contribution in [2.75, 3.05) is 12.8 Å². The van der Waals surface area contributed by atoms with Gasteiger partial charge in [-0.05, 0) is 35.9 Å². The zero-order valence-electron chi connectivity index (χ0n) is 12.0. The van der Waals surface area contributed by atoms with Gasteiger partial charge in [-0.1, -0.05) is 12.1 Å². The summed E-state index contributed by atoms with van der Waals surface area (Å²) in [4.78, 5) is 27.2. The van der Waals surface area contributed by atoms with Crippen LogP contribution in [0.2, 0.25) is 0 Å². The number of carbonyl (C=O) groups excluding carboxylic acids is 1. The second-order valence-corrected chi connectivity index (χ2v) is 4.96. The number of nitrogens with zero attached hydrogens (tertiary/aromatic N) is 1. The van der Waals surface area contributed by atoms with Crippen LogP contribution < -0.4 is 16.2 Å². The molecule has 0 amide bonds. The number of anilines is 1. The van der Waals surface area contributed by atoms with Crippen molar-refractivity contribution in [2.24, 2.45) is 0 Å². The first-order valence-corrected chi connectivity index (χ1v) is 6.75. The molecule has 0 bridgehead atoms. The molecule has 0 spiro atoms. The van der Waals surface area contributed by atoms with Gasteiger partial charge in [-0.3, -0.25) is 4.79 Å². The maximum Gasteiger partial charge on any atom is 0.333 e. The largest absolute Gasteiger partial charge is 0.497 e. The Kier molecular flexibility index (Phi) is 3.42. The highest BCUT2D eigenvalue weighted by Crippen LogP contribution is 2.16. The van der Waals surface area contributed by atoms with E-state index in [9.17, 15) is 9.59 Å². The molecule has 22 heavy (non-hydrogen) atoms. The van der Waals surface area contributed by atoms with Crippen LogP contribution in [0.15, 0.2) is 47.3 Å². The number of fused-ring (bicyclic) bond motifs is 1. The van der Waals surface area contributed by atoms with Gasteiger partial charge in [0, 0.05) is 5.69 Å². The van der Waals surface area contributed by atoms with Crippen LogP contribution in [0.4, 0.5) is 5.69 Å². The van der Waals surface area contributed by atoms with Crippen molar-refractivity contribution in [3.63, 3.8) is 0 Å². The normalized spacial score (nSPS) is 10.8. The second-order valence-electron chi connectivity index (χ2n) is 4.96. The molecular formula is C16H15N3O3. The van der Waals surface area contributed by atoms with Crippen molar-refractivity contribution >= 4 is 22.6 Å². The number of ether oxygens (including phenoxy) is 1. The summed E-state index contributed by atoms with van der Waals surface area (Å²) in [7, 11) is 1.56. The van der Waals surface area contributed by atoms with Crippen LogP contribution in [0.25, 0.3) is 11.0 Å². The Labute approximate surface area is 126 Å². The highest BCUT2D eigenvalue weighted by Gasteiger charge is 2.15. The van der Waals surface area contributed by atoms with Gasteiger partial charge in [0.25, 0.3) is 0 Å². The van der Waals surface area contributed by atoms with Crippen LogP contribution in [0.5, 0.6) is 5.75 Å². The molecule has 0 unspecified atom stereocenters. The molecule has 1 heterocycles. The molecule has 3 aromatic rings. The van der Waals surface area contributed by atoms with E-state index in [0.29, 0.717) is 22.5 Å². The number of benzene rings is 2. The minimum absolute atomic E-state index is 0.0961. The number of rotatable bonds is 3. The number of nitrogen functional groups attached to an aromatic ring is 1. The molecule has 3 rings (SSSR count). The minimum Gasteiger partial charge on any atom is -0.497 e. The van der Waals surface area contributed by atoms with Gasteiger partial charge < -0.3 is 15.5 Å². The summed E-state index contributed by atoms with van der Waals surface area (Å²) in [5, 5.41) is 0. The molecule has 0 atom stereocenters. The summed E-state index contributed by atoms with van der Waals surface area (Å²) in [5.41, 5.74) is 7.60. The van der Waals surface area contributed by atoms with Crippen molar-refractivity contribution in [3.05, 3.63) is 58.5 Å². The highest BCUT2D eigenvalue weighted by molar-refractivity contribution is 5.92. The van der Waals surface area contributed by atoms with Gasteiger partial charge in [0.1, 0.15) is 5.75 Å². The monoisotopic (exact) mass is 297 g/mol. The number of methoxy groups -OCH3 is 1. The number of hydrogen-bond acceptors (Lipinski definition) is 4. The summed E-state index contributed by atoms with van der Waals surface area (Å²) in [6, 6.07) is 12.2. The van der Waals surface area contributed by atoms with E-state index in [1.807, 2.05) is 6.07 Å². The Morgan fingerprint density at radius 1 is 1.27 bits per heavy atom. The molecular weight excluding hydrogens is 282 g/mol. The molecule has 6 heteroatoms. The Morgan fingerprint density at radius 2 is 2.09 bits per heavy atom. The predicted molar refractivity (Wildman–Crippen MR) is 84.3 cm³/mol.